The molecule has 10 nitrogen and oxygen atoms in total. The van der Waals surface area contributed by atoms with Gasteiger partial charge in [-0.3, -0.25) is 9.59 Å². The highest BCUT2D eigenvalue weighted by molar-refractivity contribution is 6.06. The molecular formula is C33H33F2N5O5. The number of fused-ring (bicyclic) bond motifs is 2. The van der Waals surface area contributed by atoms with Gasteiger partial charge in [0.05, 0.1) is 5.52 Å². The molecule has 0 aliphatic carbocycles. The summed E-state index contributed by atoms with van der Waals surface area (Å²) in [5.74, 6) is -3.19. The molecule has 234 valence electrons. The first-order valence-electron chi connectivity index (χ1n) is 14.4. The van der Waals surface area contributed by atoms with Crippen LogP contribution in [0.1, 0.15) is 60.8 Å². The van der Waals surface area contributed by atoms with E-state index in [-0.39, 0.29) is 54.7 Å². The molecule has 0 atom stereocenters. The van der Waals surface area contributed by atoms with Gasteiger partial charge < -0.3 is 25.4 Å². The Bertz CT molecular complexity index is 1760. The van der Waals surface area contributed by atoms with E-state index in [4.69, 9.17) is 15.2 Å². The minimum atomic E-state index is -1.10. The Morgan fingerprint density at radius 1 is 0.978 bits per heavy atom. The lowest BCUT2D eigenvalue weighted by atomic mass is 9.97. The molecule has 3 N–H and O–H groups in total. The van der Waals surface area contributed by atoms with E-state index in [2.05, 4.69) is 15.3 Å². The van der Waals surface area contributed by atoms with E-state index in [0.29, 0.717) is 29.6 Å². The number of hydrogen-bond donors (Lipinski definition) is 2. The Morgan fingerprint density at radius 2 is 1.67 bits per heavy atom. The van der Waals surface area contributed by atoms with Crippen molar-refractivity contribution in [3.05, 3.63) is 88.6 Å². The van der Waals surface area contributed by atoms with Crippen molar-refractivity contribution in [3.8, 4) is 11.1 Å². The second kappa shape index (κ2) is 12.8. The molecule has 2 amide bonds. The van der Waals surface area contributed by atoms with Crippen molar-refractivity contribution < 1.29 is 32.6 Å². The standard InChI is InChI=1S/C33H33F2N5O5/c1-33(2,3)45-32(43)37-12-6-9-28(41)44-18-22-14-25(34)26(35)15-23(22)19-10-11-27-24(13-19)29(39-31(36)38-27)30(42)40-16-20-7-4-5-8-21(20)17-40/h4-5,7-8,10-11,13-15H,6,9,12,16-18H2,1-3H3,(H,37,43)(H2,36,38,39). The molecule has 0 radical (unpaired) electrons. The number of rotatable bonds is 8. The maximum Gasteiger partial charge on any atom is 0.407 e. The molecule has 1 aliphatic heterocycles. The third-order valence-electron chi connectivity index (χ3n) is 7.12. The molecule has 0 spiro atoms. The first kappa shape index (κ1) is 31.3. The van der Waals surface area contributed by atoms with Crippen molar-refractivity contribution in [2.24, 2.45) is 0 Å². The smallest absolute Gasteiger partial charge is 0.407 e. The normalized spacial score (nSPS) is 12.6. The van der Waals surface area contributed by atoms with Crippen LogP contribution in [0.5, 0.6) is 0 Å². The third kappa shape index (κ3) is 7.51. The fourth-order valence-corrected chi connectivity index (χ4v) is 5.05. The Kier molecular flexibility index (Phi) is 8.94. The Hall–Kier alpha value is -5.13. The van der Waals surface area contributed by atoms with Gasteiger partial charge in [-0.2, -0.15) is 0 Å². The second-order valence-electron chi connectivity index (χ2n) is 11.7. The van der Waals surface area contributed by atoms with E-state index >= 15 is 0 Å². The zero-order valence-electron chi connectivity index (χ0n) is 25.2. The van der Waals surface area contributed by atoms with Crippen molar-refractivity contribution in [3.63, 3.8) is 0 Å². The average Bonchev–Trinajstić information content (AvgIpc) is 3.42. The van der Waals surface area contributed by atoms with Gasteiger partial charge in [0.15, 0.2) is 11.6 Å². The highest BCUT2D eigenvalue weighted by Crippen LogP contribution is 2.32. The first-order chi connectivity index (χ1) is 21.4. The fourth-order valence-electron chi connectivity index (χ4n) is 5.05. The summed E-state index contributed by atoms with van der Waals surface area (Å²) in [6.45, 7) is 5.90. The van der Waals surface area contributed by atoms with E-state index in [0.717, 1.165) is 23.3 Å². The molecule has 3 aromatic carbocycles. The predicted molar refractivity (Wildman–Crippen MR) is 163 cm³/mol. The van der Waals surface area contributed by atoms with Gasteiger partial charge >= 0.3 is 12.1 Å². The molecule has 1 aliphatic rings. The highest BCUT2D eigenvalue weighted by atomic mass is 19.2. The number of halogens is 2. The number of nitrogens with one attached hydrogen (secondary N) is 1. The van der Waals surface area contributed by atoms with Crippen molar-refractivity contribution >= 4 is 34.8 Å². The summed E-state index contributed by atoms with van der Waals surface area (Å²) in [6, 6.07) is 14.6. The summed E-state index contributed by atoms with van der Waals surface area (Å²) < 4.78 is 39.4. The lowest BCUT2D eigenvalue weighted by Gasteiger charge is -2.19. The molecule has 5 rings (SSSR count). The minimum Gasteiger partial charge on any atom is -0.461 e. The van der Waals surface area contributed by atoms with E-state index in [9.17, 15) is 23.2 Å². The van der Waals surface area contributed by atoms with Crippen molar-refractivity contribution in [2.75, 3.05) is 12.3 Å². The van der Waals surface area contributed by atoms with Crippen LogP contribution >= 0.6 is 0 Å². The topological polar surface area (TPSA) is 137 Å². The number of esters is 1. The van der Waals surface area contributed by atoms with Crippen LogP contribution in [-0.2, 0) is 34.0 Å². The minimum absolute atomic E-state index is 0.0185. The largest absolute Gasteiger partial charge is 0.461 e. The van der Waals surface area contributed by atoms with Crippen molar-refractivity contribution in [1.82, 2.24) is 20.2 Å². The maximum absolute atomic E-state index is 14.5. The van der Waals surface area contributed by atoms with E-state index in [1.807, 2.05) is 24.3 Å². The zero-order valence-corrected chi connectivity index (χ0v) is 25.2. The number of alkyl carbamates (subject to hydrolysis) is 1. The van der Waals surface area contributed by atoms with Crippen LogP contribution < -0.4 is 11.1 Å². The van der Waals surface area contributed by atoms with Gasteiger partial charge in [0.2, 0.25) is 5.95 Å². The lowest BCUT2D eigenvalue weighted by molar-refractivity contribution is -0.145. The van der Waals surface area contributed by atoms with Gasteiger partial charge in [-0.05, 0) is 73.7 Å². The summed E-state index contributed by atoms with van der Waals surface area (Å²) in [5, 5.41) is 2.94. The molecule has 2 heterocycles. The Labute approximate surface area is 258 Å². The second-order valence-corrected chi connectivity index (χ2v) is 11.7. The number of benzene rings is 3. The summed E-state index contributed by atoms with van der Waals surface area (Å²) in [4.78, 5) is 48.0. The first-order valence-corrected chi connectivity index (χ1v) is 14.4. The molecule has 0 bridgehead atoms. The Morgan fingerprint density at radius 3 is 2.36 bits per heavy atom. The van der Waals surface area contributed by atoms with Crippen LogP contribution in [0.4, 0.5) is 19.5 Å². The van der Waals surface area contributed by atoms with Crippen LogP contribution in [0.15, 0.2) is 54.6 Å². The molecule has 0 fully saturated rings. The number of nitrogen functional groups attached to an aromatic ring is 1. The fraction of sp³-hybridized carbons (Fsp3) is 0.303. The molecule has 0 saturated carbocycles. The number of carbonyl (C=O) groups is 3. The summed E-state index contributed by atoms with van der Waals surface area (Å²) in [7, 11) is 0. The van der Waals surface area contributed by atoms with E-state index in [1.165, 1.54) is 0 Å². The van der Waals surface area contributed by atoms with Gasteiger partial charge in [0.25, 0.3) is 5.91 Å². The molecule has 0 saturated heterocycles. The SMILES string of the molecule is CC(C)(C)OC(=O)NCCCC(=O)OCc1cc(F)c(F)cc1-c1ccc2nc(N)nc(C(=O)N3Cc4ccccc4C3)c2c1. The monoisotopic (exact) mass is 617 g/mol. The predicted octanol–water partition coefficient (Wildman–Crippen LogP) is 5.66. The summed E-state index contributed by atoms with van der Waals surface area (Å²) in [6.07, 6.45) is -0.328. The van der Waals surface area contributed by atoms with Gasteiger partial charge in [0, 0.05) is 37.0 Å². The van der Waals surface area contributed by atoms with Crippen LogP contribution in [0.25, 0.3) is 22.0 Å². The lowest BCUT2D eigenvalue weighted by Crippen LogP contribution is -2.33. The molecule has 4 aromatic rings. The van der Waals surface area contributed by atoms with Crippen molar-refractivity contribution in [2.45, 2.75) is 58.9 Å². The maximum atomic E-state index is 14.5. The molecule has 12 heteroatoms. The Balaban J connectivity index is 1.34. The van der Waals surface area contributed by atoms with Gasteiger partial charge in [-0.25, -0.2) is 23.5 Å². The number of nitrogens with zero attached hydrogens (tertiary/aromatic N) is 3. The number of carbonyl (C=O) groups excluding carboxylic acids is 3. The molecule has 45 heavy (non-hydrogen) atoms. The number of aromatic nitrogens is 2. The van der Waals surface area contributed by atoms with Gasteiger partial charge in [0.1, 0.15) is 17.9 Å². The molecular weight excluding hydrogens is 584 g/mol. The summed E-state index contributed by atoms with van der Waals surface area (Å²) >= 11 is 0. The van der Waals surface area contributed by atoms with Crippen LogP contribution in [0, 0.1) is 11.6 Å². The van der Waals surface area contributed by atoms with Crippen LogP contribution in [-0.4, -0.2) is 45.0 Å². The number of ether oxygens (including phenoxy) is 2. The van der Waals surface area contributed by atoms with Gasteiger partial charge in [-0.1, -0.05) is 30.3 Å². The van der Waals surface area contributed by atoms with E-state index < -0.39 is 29.3 Å². The molecule has 1 aromatic heterocycles. The van der Waals surface area contributed by atoms with Crippen LogP contribution in [0.2, 0.25) is 0 Å². The number of nitrogens with two attached hydrogens (primary N) is 1. The highest BCUT2D eigenvalue weighted by Gasteiger charge is 2.27. The number of amides is 2. The zero-order chi connectivity index (χ0) is 32.3. The van der Waals surface area contributed by atoms with Gasteiger partial charge in [-0.15, -0.1) is 0 Å². The van der Waals surface area contributed by atoms with E-state index in [1.54, 1.807) is 43.9 Å². The van der Waals surface area contributed by atoms with Crippen LogP contribution in [0.3, 0.4) is 0 Å². The third-order valence-corrected chi connectivity index (χ3v) is 7.12. The average molecular weight is 618 g/mol. The molecule has 0 unspecified atom stereocenters. The number of hydrogen-bond acceptors (Lipinski definition) is 8. The van der Waals surface area contributed by atoms with Crippen molar-refractivity contribution in [1.29, 1.82) is 0 Å². The number of anilines is 1. The quantitative estimate of drug-likeness (QED) is 0.191. The summed E-state index contributed by atoms with van der Waals surface area (Å²) in [5.41, 5.74) is 8.78.